The summed E-state index contributed by atoms with van der Waals surface area (Å²) >= 11 is 0. The zero-order valence-corrected chi connectivity index (χ0v) is 9.48. The predicted octanol–water partition coefficient (Wildman–Crippen LogP) is 2.54. The van der Waals surface area contributed by atoms with Crippen LogP contribution in [0.15, 0.2) is 11.6 Å². The van der Waals surface area contributed by atoms with Crippen molar-refractivity contribution < 1.29 is 4.92 Å². The van der Waals surface area contributed by atoms with Gasteiger partial charge in [-0.15, -0.1) is 0 Å². The molecule has 0 spiro atoms. The van der Waals surface area contributed by atoms with Crippen molar-refractivity contribution in [2.75, 3.05) is 6.54 Å². The highest BCUT2D eigenvalue weighted by Gasteiger charge is 2.57. The van der Waals surface area contributed by atoms with E-state index in [1.165, 1.54) is 5.57 Å². The molecule has 2 aliphatic carbocycles. The molecule has 0 radical (unpaired) electrons. The average molecular weight is 220 g/mol. The SMILES string of the molecule is CCC1=C[C@@H]2[C@H](C1)C[C@@]2(CC#N)C[N+](=O)[O-]. The highest BCUT2D eigenvalue weighted by molar-refractivity contribution is 5.24. The van der Waals surface area contributed by atoms with Crippen LogP contribution in [0.5, 0.6) is 0 Å². The second-order valence-corrected chi connectivity index (χ2v) is 5.06. The quantitative estimate of drug-likeness (QED) is 0.415. The van der Waals surface area contributed by atoms with Gasteiger partial charge in [-0.25, -0.2) is 0 Å². The van der Waals surface area contributed by atoms with Crippen LogP contribution in [-0.2, 0) is 0 Å². The molecule has 0 bridgehead atoms. The van der Waals surface area contributed by atoms with Crippen LogP contribution in [0.3, 0.4) is 0 Å². The van der Waals surface area contributed by atoms with E-state index in [0.717, 1.165) is 19.3 Å². The summed E-state index contributed by atoms with van der Waals surface area (Å²) in [6.07, 6.45) is 5.50. The molecule has 0 heterocycles. The summed E-state index contributed by atoms with van der Waals surface area (Å²) in [5.41, 5.74) is 1.05. The van der Waals surface area contributed by atoms with Crippen molar-refractivity contribution in [2.45, 2.75) is 32.6 Å². The highest BCUT2D eigenvalue weighted by Crippen LogP contribution is 2.59. The third-order valence-corrected chi connectivity index (χ3v) is 4.15. The number of nitro groups is 1. The third-order valence-electron chi connectivity index (χ3n) is 4.15. The Kier molecular flexibility index (Phi) is 2.71. The summed E-state index contributed by atoms with van der Waals surface area (Å²) in [7, 11) is 0. The van der Waals surface area contributed by atoms with Crippen LogP contribution in [-0.4, -0.2) is 11.5 Å². The average Bonchev–Trinajstić information content (AvgIpc) is 2.55. The minimum Gasteiger partial charge on any atom is -0.265 e. The maximum absolute atomic E-state index is 10.7. The van der Waals surface area contributed by atoms with E-state index < -0.39 is 0 Å². The summed E-state index contributed by atoms with van der Waals surface area (Å²) in [6, 6.07) is 2.13. The Morgan fingerprint density at radius 1 is 1.75 bits per heavy atom. The lowest BCUT2D eigenvalue weighted by Gasteiger charge is -2.48. The van der Waals surface area contributed by atoms with E-state index >= 15 is 0 Å². The first kappa shape index (κ1) is 11.1. The fourth-order valence-electron chi connectivity index (χ4n) is 3.39. The van der Waals surface area contributed by atoms with Gasteiger partial charge in [-0.3, -0.25) is 10.1 Å². The minimum atomic E-state index is -0.361. The Hall–Kier alpha value is -1.37. The molecule has 0 amide bonds. The molecule has 0 N–H and O–H groups in total. The standard InChI is InChI=1S/C12H16N2O2/c1-2-9-5-10-7-12(3-4-13,8-14(15)16)11(10)6-9/h6,10-11H,2-3,5,7-8H2,1H3/t10-,11-,12+/m1/s1. The summed E-state index contributed by atoms with van der Waals surface area (Å²) in [4.78, 5) is 10.4. The molecular weight excluding hydrogens is 204 g/mol. The fourth-order valence-corrected chi connectivity index (χ4v) is 3.39. The largest absolute Gasteiger partial charge is 0.265 e. The Balaban J connectivity index is 2.15. The number of allylic oxidation sites excluding steroid dienone is 2. The van der Waals surface area contributed by atoms with Crippen LogP contribution in [0.2, 0.25) is 0 Å². The van der Waals surface area contributed by atoms with Crippen molar-refractivity contribution in [2.24, 2.45) is 17.3 Å². The van der Waals surface area contributed by atoms with E-state index in [-0.39, 0.29) is 22.8 Å². The number of hydrogen-bond donors (Lipinski definition) is 0. The Bertz CT molecular complexity index is 383. The molecule has 2 rings (SSSR count). The van der Waals surface area contributed by atoms with E-state index in [9.17, 15) is 10.1 Å². The molecule has 4 heteroatoms. The molecule has 1 fully saturated rings. The van der Waals surface area contributed by atoms with Crippen LogP contribution in [0.1, 0.15) is 32.6 Å². The summed E-state index contributed by atoms with van der Waals surface area (Å²) < 4.78 is 0. The maximum Gasteiger partial charge on any atom is 0.211 e. The lowest BCUT2D eigenvalue weighted by atomic mass is 9.53. The normalized spacial score (nSPS) is 35.9. The topological polar surface area (TPSA) is 66.9 Å². The number of fused-ring (bicyclic) bond motifs is 1. The zero-order chi connectivity index (χ0) is 11.8. The molecule has 0 aromatic heterocycles. The van der Waals surface area contributed by atoms with E-state index in [1.807, 2.05) is 0 Å². The zero-order valence-electron chi connectivity index (χ0n) is 9.48. The Labute approximate surface area is 95.1 Å². The molecule has 1 saturated carbocycles. The van der Waals surface area contributed by atoms with Crippen molar-refractivity contribution >= 4 is 0 Å². The second kappa shape index (κ2) is 3.89. The molecular formula is C12H16N2O2. The molecule has 0 aromatic carbocycles. The number of hydrogen-bond acceptors (Lipinski definition) is 3. The monoisotopic (exact) mass is 220 g/mol. The van der Waals surface area contributed by atoms with E-state index in [1.54, 1.807) is 0 Å². The van der Waals surface area contributed by atoms with Crippen molar-refractivity contribution in [1.82, 2.24) is 0 Å². The first-order chi connectivity index (χ1) is 7.61. The minimum absolute atomic E-state index is 0.0464. The van der Waals surface area contributed by atoms with E-state index in [4.69, 9.17) is 5.26 Å². The summed E-state index contributed by atoms with van der Waals surface area (Å²) in [5.74, 6) is 0.857. The van der Waals surface area contributed by atoms with Crippen molar-refractivity contribution in [3.8, 4) is 6.07 Å². The molecule has 86 valence electrons. The van der Waals surface area contributed by atoms with Gasteiger partial charge in [0.2, 0.25) is 6.54 Å². The van der Waals surface area contributed by atoms with Gasteiger partial charge >= 0.3 is 0 Å². The Morgan fingerprint density at radius 3 is 3.06 bits per heavy atom. The van der Waals surface area contributed by atoms with Gasteiger partial charge in [0.25, 0.3) is 0 Å². The fraction of sp³-hybridized carbons (Fsp3) is 0.750. The van der Waals surface area contributed by atoms with Gasteiger partial charge in [0.15, 0.2) is 0 Å². The van der Waals surface area contributed by atoms with E-state index in [2.05, 4.69) is 19.1 Å². The van der Waals surface area contributed by atoms with Crippen LogP contribution in [0, 0.1) is 38.7 Å². The smallest absolute Gasteiger partial charge is 0.211 e. The van der Waals surface area contributed by atoms with Crippen LogP contribution >= 0.6 is 0 Å². The van der Waals surface area contributed by atoms with E-state index in [0.29, 0.717) is 12.3 Å². The van der Waals surface area contributed by atoms with Crippen LogP contribution in [0.25, 0.3) is 0 Å². The van der Waals surface area contributed by atoms with Gasteiger partial charge in [-0.1, -0.05) is 18.6 Å². The number of nitrogens with zero attached hydrogens (tertiary/aromatic N) is 2. The maximum atomic E-state index is 10.7. The molecule has 4 nitrogen and oxygen atoms in total. The summed E-state index contributed by atoms with van der Waals surface area (Å²) in [5, 5.41) is 19.5. The van der Waals surface area contributed by atoms with Crippen molar-refractivity contribution in [1.29, 1.82) is 5.26 Å². The van der Waals surface area contributed by atoms with Gasteiger partial charge in [-0.05, 0) is 31.1 Å². The molecule has 0 aliphatic heterocycles. The van der Waals surface area contributed by atoms with Gasteiger partial charge in [-0.2, -0.15) is 5.26 Å². The lowest BCUT2D eigenvalue weighted by molar-refractivity contribution is -0.505. The lowest BCUT2D eigenvalue weighted by Crippen LogP contribution is -2.49. The predicted molar refractivity (Wildman–Crippen MR) is 59.1 cm³/mol. The summed E-state index contributed by atoms with van der Waals surface area (Å²) in [6.45, 7) is 2.07. The van der Waals surface area contributed by atoms with Gasteiger partial charge < -0.3 is 0 Å². The van der Waals surface area contributed by atoms with Crippen molar-refractivity contribution in [3.63, 3.8) is 0 Å². The first-order valence-electron chi connectivity index (χ1n) is 5.79. The third kappa shape index (κ3) is 1.60. The highest BCUT2D eigenvalue weighted by atomic mass is 16.6. The molecule has 0 unspecified atom stereocenters. The molecule has 0 saturated heterocycles. The Morgan fingerprint density at radius 2 is 2.50 bits per heavy atom. The second-order valence-electron chi connectivity index (χ2n) is 5.06. The van der Waals surface area contributed by atoms with Gasteiger partial charge in [0, 0.05) is 11.3 Å². The first-order valence-corrected chi connectivity index (χ1v) is 5.79. The molecule has 0 aromatic rings. The number of nitriles is 1. The van der Waals surface area contributed by atoms with Gasteiger partial charge in [0.1, 0.15) is 0 Å². The van der Waals surface area contributed by atoms with Crippen LogP contribution < -0.4 is 0 Å². The molecule has 16 heavy (non-hydrogen) atoms. The van der Waals surface area contributed by atoms with Crippen LogP contribution in [0.4, 0.5) is 0 Å². The van der Waals surface area contributed by atoms with Crippen molar-refractivity contribution in [3.05, 3.63) is 21.8 Å². The molecule has 2 aliphatic rings. The molecule has 3 atom stereocenters. The number of rotatable bonds is 4. The van der Waals surface area contributed by atoms with Gasteiger partial charge in [0.05, 0.1) is 11.5 Å².